The Balaban J connectivity index is 2.63. The number of hydrogen-bond donors (Lipinski definition) is 1. The fraction of sp³-hybridized carbons (Fsp3) is 0.231. The number of carbonyl (C=O) groups excluding carboxylic acids is 2. The predicted molar refractivity (Wildman–Crippen MR) is 64.5 cm³/mol. The van der Waals surface area contributed by atoms with E-state index in [4.69, 9.17) is 10.5 Å². The predicted octanol–water partition coefficient (Wildman–Crippen LogP) is 1.76. The molecule has 0 aliphatic carbocycles. The van der Waals surface area contributed by atoms with E-state index in [2.05, 4.69) is 13.8 Å². The van der Waals surface area contributed by atoms with Crippen molar-refractivity contribution in [3.8, 4) is 5.75 Å². The highest BCUT2D eigenvalue weighted by Gasteiger charge is 2.02. The summed E-state index contributed by atoms with van der Waals surface area (Å²) in [6.07, 6.45) is 1.96. The van der Waals surface area contributed by atoms with Gasteiger partial charge in [0.05, 0.1) is 0 Å². The lowest BCUT2D eigenvalue weighted by Crippen LogP contribution is -2.09. The number of ether oxygens (including phenoxy) is 1. The molecule has 2 N–H and O–H groups in total. The van der Waals surface area contributed by atoms with Crippen LogP contribution in [0.15, 0.2) is 36.4 Å². The first-order chi connectivity index (χ1) is 7.99. The van der Waals surface area contributed by atoms with E-state index in [0.29, 0.717) is 11.7 Å². The topological polar surface area (TPSA) is 69.4 Å². The number of primary amides is 1. The Bertz CT molecular complexity index is 432. The Hall–Kier alpha value is -2.10. The molecule has 90 valence electrons. The second-order valence-electron chi connectivity index (χ2n) is 3.88. The van der Waals surface area contributed by atoms with Gasteiger partial charge in [-0.1, -0.05) is 26.0 Å². The Kier molecular flexibility index (Phi) is 4.46. The summed E-state index contributed by atoms with van der Waals surface area (Å²) in [5.74, 6) is -0.443. The Morgan fingerprint density at radius 1 is 1.18 bits per heavy atom. The molecule has 1 amide bonds. The van der Waals surface area contributed by atoms with Crippen molar-refractivity contribution in [2.45, 2.75) is 19.8 Å². The fourth-order valence-corrected chi connectivity index (χ4v) is 1.22. The van der Waals surface area contributed by atoms with Crippen molar-refractivity contribution in [1.29, 1.82) is 0 Å². The summed E-state index contributed by atoms with van der Waals surface area (Å²) in [6.45, 7) is 4.16. The van der Waals surface area contributed by atoms with Gasteiger partial charge in [0.1, 0.15) is 5.75 Å². The Labute approximate surface area is 100 Å². The van der Waals surface area contributed by atoms with Crippen LogP contribution in [0.5, 0.6) is 5.75 Å². The molecule has 0 aliphatic heterocycles. The molecule has 0 spiro atoms. The van der Waals surface area contributed by atoms with Crippen molar-refractivity contribution in [2.24, 2.45) is 5.73 Å². The van der Waals surface area contributed by atoms with Gasteiger partial charge in [-0.25, -0.2) is 4.79 Å². The number of amides is 1. The number of hydrogen-bond acceptors (Lipinski definition) is 3. The zero-order valence-electron chi connectivity index (χ0n) is 9.84. The van der Waals surface area contributed by atoms with E-state index in [9.17, 15) is 9.59 Å². The maximum absolute atomic E-state index is 11.2. The molecule has 4 nitrogen and oxygen atoms in total. The van der Waals surface area contributed by atoms with Crippen LogP contribution in [0.3, 0.4) is 0 Å². The van der Waals surface area contributed by atoms with Crippen molar-refractivity contribution in [2.75, 3.05) is 0 Å². The lowest BCUT2D eigenvalue weighted by atomic mass is 10.0. The second-order valence-corrected chi connectivity index (χ2v) is 3.88. The Morgan fingerprint density at radius 3 is 2.24 bits per heavy atom. The lowest BCUT2D eigenvalue weighted by molar-refractivity contribution is -0.129. The third kappa shape index (κ3) is 4.51. The zero-order valence-corrected chi connectivity index (χ0v) is 9.84. The first-order valence-corrected chi connectivity index (χ1v) is 5.28. The molecule has 0 heterocycles. The summed E-state index contributed by atoms with van der Waals surface area (Å²) >= 11 is 0. The van der Waals surface area contributed by atoms with Gasteiger partial charge >= 0.3 is 5.97 Å². The van der Waals surface area contributed by atoms with Crippen molar-refractivity contribution < 1.29 is 14.3 Å². The SMILES string of the molecule is CC(C)c1ccc(OC(=O)/C=C\C(N)=O)cc1. The normalized spacial score (nSPS) is 10.8. The van der Waals surface area contributed by atoms with Crippen molar-refractivity contribution >= 4 is 11.9 Å². The monoisotopic (exact) mass is 233 g/mol. The van der Waals surface area contributed by atoms with E-state index in [1.165, 1.54) is 0 Å². The molecule has 0 saturated carbocycles. The maximum atomic E-state index is 11.2. The van der Waals surface area contributed by atoms with E-state index in [-0.39, 0.29) is 0 Å². The van der Waals surface area contributed by atoms with E-state index in [0.717, 1.165) is 17.7 Å². The zero-order chi connectivity index (χ0) is 12.8. The molecule has 1 rings (SSSR count). The number of benzene rings is 1. The van der Waals surface area contributed by atoms with Crippen LogP contribution >= 0.6 is 0 Å². The van der Waals surface area contributed by atoms with Gasteiger partial charge < -0.3 is 10.5 Å². The molecule has 0 atom stereocenters. The van der Waals surface area contributed by atoms with Gasteiger partial charge in [0.25, 0.3) is 0 Å². The maximum Gasteiger partial charge on any atom is 0.336 e. The van der Waals surface area contributed by atoms with Gasteiger partial charge in [0.2, 0.25) is 5.91 Å². The van der Waals surface area contributed by atoms with Gasteiger partial charge in [-0.05, 0) is 23.6 Å². The van der Waals surface area contributed by atoms with E-state index in [1.54, 1.807) is 12.1 Å². The van der Waals surface area contributed by atoms with E-state index < -0.39 is 11.9 Å². The van der Waals surface area contributed by atoms with E-state index in [1.807, 2.05) is 12.1 Å². The van der Waals surface area contributed by atoms with Crippen LogP contribution in [0.4, 0.5) is 0 Å². The third-order valence-corrected chi connectivity index (χ3v) is 2.15. The summed E-state index contributed by atoms with van der Waals surface area (Å²) in [4.78, 5) is 21.6. The highest BCUT2D eigenvalue weighted by Crippen LogP contribution is 2.18. The van der Waals surface area contributed by atoms with Crippen molar-refractivity contribution in [3.05, 3.63) is 42.0 Å². The van der Waals surface area contributed by atoms with Crippen LogP contribution in [0.1, 0.15) is 25.3 Å². The minimum Gasteiger partial charge on any atom is -0.423 e. The first-order valence-electron chi connectivity index (χ1n) is 5.28. The number of nitrogens with two attached hydrogens (primary N) is 1. The molecule has 0 aromatic heterocycles. The lowest BCUT2D eigenvalue weighted by Gasteiger charge is -2.06. The summed E-state index contributed by atoms with van der Waals surface area (Å²) in [6, 6.07) is 7.22. The molecule has 0 saturated heterocycles. The molecule has 4 heteroatoms. The van der Waals surface area contributed by atoms with Crippen LogP contribution in [-0.4, -0.2) is 11.9 Å². The fourth-order valence-electron chi connectivity index (χ4n) is 1.22. The molecule has 0 bridgehead atoms. The average Bonchev–Trinajstić information content (AvgIpc) is 2.27. The summed E-state index contributed by atoms with van der Waals surface area (Å²) in [5.41, 5.74) is 6.02. The van der Waals surface area contributed by atoms with Crippen LogP contribution in [0, 0.1) is 0 Å². The summed E-state index contributed by atoms with van der Waals surface area (Å²) in [7, 11) is 0. The molecule has 0 fully saturated rings. The van der Waals surface area contributed by atoms with Crippen molar-refractivity contribution in [1.82, 2.24) is 0 Å². The van der Waals surface area contributed by atoms with Crippen LogP contribution < -0.4 is 10.5 Å². The number of carbonyl (C=O) groups is 2. The quantitative estimate of drug-likeness (QED) is 0.489. The van der Waals surface area contributed by atoms with Gasteiger partial charge in [-0.15, -0.1) is 0 Å². The van der Waals surface area contributed by atoms with Crippen molar-refractivity contribution in [3.63, 3.8) is 0 Å². The highest BCUT2D eigenvalue weighted by atomic mass is 16.5. The molecular weight excluding hydrogens is 218 g/mol. The van der Waals surface area contributed by atoms with Gasteiger partial charge in [-0.3, -0.25) is 4.79 Å². The average molecular weight is 233 g/mol. The minimum atomic E-state index is -0.683. The standard InChI is InChI=1S/C13H15NO3/c1-9(2)10-3-5-11(6-4-10)17-13(16)8-7-12(14)15/h3-9H,1-2H3,(H2,14,15)/b8-7-. The van der Waals surface area contributed by atoms with Gasteiger partial charge in [0, 0.05) is 12.2 Å². The molecule has 17 heavy (non-hydrogen) atoms. The second kappa shape index (κ2) is 5.84. The largest absolute Gasteiger partial charge is 0.423 e. The Morgan fingerprint density at radius 2 is 1.76 bits per heavy atom. The third-order valence-electron chi connectivity index (χ3n) is 2.15. The number of rotatable bonds is 4. The minimum absolute atomic E-state index is 0.425. The molecule has 0 radical (unpaired) electrons. The molecule has 1 aromatic rings. The first kappa shape index (κ1) is 13.0. The molecule has 0 aliphatic rings. The smallest absolute Gasteiger partial charge is 0.336 e. The number of esters is 1. The highest BCUT2D eigenvalue weighted by molar-refractivity contribution is 5.94. The van der Waals surface area contributed by atoms with E-state index >= 15 is 0 Å². The summed E-state index contributed by atoms with van der Waals surface area (Å²) < 4.78 is 4.97. The van der Waals surface area contributed by atoms with Crippen LogP contribution in [0.2, 0.25) is 0 Å². The molecular formula is C13H15NO3. The molecule has 1 aromatic carbocycles. The molecule has 0 unspecified atom stereocenters. The van der Waals surface area contributed by atoms with Gasteiger partial charge in [-0.2, -0.15) is 0 Å². The van der Waals surface area contributed by atoms with Crippen LogP contribution in [-0.2, 0) is 9.59 Å². The summed E-state index contributed by atoms with van der Waals surface area (Å²) in [5, 5.41) is 0. The van der Waals surface area contributed by atoms with Crippen LogP contribution in [0.25, 0.3) is 0 Å². The van der Waals surface area contributed by atoms with Gasteiger partial charge in [0.15, 0.2) is 0 Å².